The molecule has 3 heterocycles. The van der Waals surface area contributed by atoms with Crippen molar-refractivity contribution in [2.24, 2.45) is 0 Å². The number of aromatic nitrogens is 2. The fraction of sp³-hybridized carbons (Fsp3) is 0.130. The first-order valence-corrected chi connectivity index (χ1v) is 9.40. The van der Waals surface area contributed by atoms with Gasteiger partial charge in [0.25, 0.3) is 5.82 Å². The van der Waals surface area contributed by atoms with Gasteiger partial charge in [0.15, 0.2) is 11.5 Å². The molecule has 6 nitrogen and oxygen atoms in total. The largest absolute Gasteiger partial charge is 0.505 e. The lowest BCUT2D eigenvalue weighted by Crippen LogP contribution is -2.19. The van der Waals surface area contributed by atoms with Gasteiger partial charge < -0.3 is 14.6 Å². The number of H-pyrrole nitrogens is 1. The van der Waals surface area contributed by atoms with E-state index in [1.54, 1.807) is 6.20 Å². The van der Waals surface area contributed by atoms with E-state index in [1.165, 1.54) is 0 Å². The Kier molecular flexibility index (Phi) is 4.17. The third-order valence-electron chi connectivity index (χ3n) is 5.08. The molecule has 6 heteroatoms. The van der Waals surface area contributed by atoms with Crippen molar-refractivity contribution >= 4 is 16.7 Å². The van der Waals surface area contributed by atoms with E-state index in [4.69, 9.17) is 9.47 Å². The maximum absolute atomic E-state index is 11.0. The van der Waals surface area contributed by atoms with Crippen LogP contribution < -0.4 is 19.8 Å². The second-order valence-electron chi connectivity index (χ2n) is 7.05. The van der Waals surface area contributed by atoms with Gasteiger partial charge >= 0.3 is 0 Å². The minimum absolute atomic E-state index is 0.158. The Morgan fingerprint density at radius 1 is 1.07 bits per heavy atom. The SMILES string of the molecule is Cc1cc[nH+]c(NC(c2ccc3c(c2)OCO3)c2ccc3cccnc3c2O)c1. The summed E-state index contributed by atoms with van der Waals surface area (Å²) in [7, 11) is 0. The first-order chi connectivity index (χ1) is 14.2. The van der Waals surface area contributed by atoms with E-state index >= 15 is 0 Å². The molecule has 2 aromatic carbocycles. The number of aromatic amines is 1. The molecule has 4 aromatic rings. The van der Waals surface area contributed by atoms with Crippen molar-refractivity contribution in [2.75, 3.05) is 12.1 Å². The lowest BCUT2D eigenvalue weighted by Gasteiger charge is -2.18. The lowest BCUT2D eigenvalue weighted by molar-refractivity contribution is -0.361. The molecule has 0 spiro atoms. The van der Waals surface area contributed by atoms with Crippen LogP contribution in [0.4, 0.5) is 5.82 Å². The maximum atomic E-state index is 11.0. The number of hydrogen-bond donors (Lipinski definition) is 2. The Hall–Kier alpha value is -3.80. The average Bonchev–Trinajstić information content (AvgIpc) is 3.21. The minimum Gasteiger partial charge on any atom is -0.505 e. The molecule has 0 radical (unpaired) electrons. The van der Waals surface area contributed by atoms with E-state index < -0.39 is 0 Å². The highest BCUT2D eigenvalue weighted by Gasteiger charge is 2.26. The van der Waals surface area contributed by atoms with Gasteiger partial charge in [-0.3, -0.25) is 10.3 Å². The lowest BCUT2D eigenvalue weighted by atomic mass is 9.95. The highest BCUT2D eigenvalue weighted by atomic mass is 16.7. The van der Waals surface area contributed by atoms with Crippen LogP contribution in [0, 0.1) is 6.92 Å². The molecule has 1 atom stereocenters. The van der Waals surface area contributed by atoms with Gasteiger partial charge in [0.05, 0.1) is 6.20 Å². The summed E-state index contributed by atoms with van der Waals surface area (Å²) in [6, 6.07) is 17.2. The van der Waals surface area contributed by atoms with Crippen LogP contribution in [0.5, 0.6) is 17.2 Å². The van der Waals surface area contributed by atoms with Crippen LogP contribution in [0.1, 0.15) is 22.7 Å². The number of phenolic OH excluding ortho intramolecular Hbond substituents is 1. The van der Waals surface area contributed by atoms with Crippen LogP contribution in [0.3, 0.4) is 0 Å². The van der Waals surface area contributed by atoms with Crippen molar-refractivity contribution in [3.63, 3.8) is 0 Å². The van der Waals surface area contributed by atoms with Gasteiger partial charge in [-0.25, -0.2) is 4.98 Å². The van der Waals surface area contributed by atoms with Gasteiger partial charge in [0.1, 0.15) is 17.3 Å². The summed E-state index contributed by atoms with van der Waals surface area (Å²) in [5.41, 5.74) is 3.37. The smallest absolute Gasteiger partial charge is 0.273 e. The number of rotatable bonds is 4. The predicted octanol–water partition coefficient (Wildman–Crippen LogP) is 3.99. The molecule has 1 aliphatic rings. The highest BCUT2D eigenvalue weighted by Crippen LogP contribution is 2.40. The average molecular weight is 386 g/mol. The molecule has 0 aliphatic carbocycles. The van der Waals surface area contributed by atoms with Crippen LogP contribution in [-0.2, 0) is 0 Å². The Labute approximate surface area is 167 Å². The number of benzene rings is 2. The fourth-order valence-corrected chi connectivity index (χ4v) is 3.63. The Morgan fingerprint density at radius 3 is 2.86 bits per heavy atom. The number of pyridine rings is 2. The number of nitrogens with one attached hydrogen (secondary N) is 2. The molecule has 0 saturated carbocycles. The second-order valence-corrected chi connectivity index (χ2v) is 7.05. The summed E-state index contributed by atoms with van der Waals surface area (Å²) in [6.45, 7) is 2.25. The Morgan fingerprint density at radius 2 is 1.97 bits per heavy atom. The zero-order valence-electron chi connectivity index (χ0n) is 15.8. The summed E-state index contributed by atoms with van der Waals surface area (Å²) in [5.74, 6) is 2.42. The molecule has 0 amide bonds. The second kappa shape index (κ2) is 6.98. The van der Waals surface area contributed by atoms with Gasteiger partial charge in [-0.2, -0.15) is 0 Å². The number of aryl methyl sites for hydroxylation is 1. The molecular weight excluding hydrogens is 366 g/mol. The molecule has 144 valence electrons. The number of nitrogens with zero attached hydrogens (tertiary/aromatic N) is 1. The molecule has 29 heavy (non-hydrogen) atoms. The van der Waals surface area contributed by atoms with Gasteiger partial charge in [-0.1, -0.05) is 18.2 Å². The third-order valence-corrected chi connectivity index (χ3v) is 5.08. The van der Waals surface area contributed by atoms with Crippen LogP contribution in [0.15, 0.2) is 67.0 Å². The molecular formula is C23H20N3O3+. The molecule has 3 N–H and O–H groups in total. The monoisotopic (exact) mass is 386 g/mol. The minimum atomic E-state index is -0.325. The summed E-state index contributed by atoms with van der Waals surface area (Å²) < 4.78 is 11.0. The molecule has 0 bridgehead atoms. The molecule has 1 unspecified atom stereocenters. The first-order valence-electron chi connectivity index (χ1n) is 9.40. The van der Waals surface area contributed by atoms with Crippen LogP contribution in [0.25, 0.3) is 10.9 Å². The van der Waals surface area contributed by atoms with Gasteiger partial charge in [0.2, 0.25) is 6.79 Å². The van der Waals surface area contributed by atoms with Crippen LogP contribution in [0.2, 0.25) is 0 Å². The number of hydrogen-bond acceptors (Lipinski definition) is 5. The summed E-state index contributed by atoms with van der Waals surface area (Å²) in [5, 5.41) is 15.4. The summed E-state index contributed by atoms with van der Waals surface area (Å²) >= 11 is 0. The predicted molar refractivity (Wildman–Crippen MR) is 109 cm³/mol. The fourth-order valence-electron chi connectivity index (χ4n) is 3.63. The van der Waals surface area contributed by atoms with E-state index in [0.29, 0.717) is 11.3 Å². The number of fused-ring (bicyclic) bond motifs is 2. The van der Waals surface area contributed by atoms with E-state index in [1.807, 2.05) is 67.7 Å². The number of anilines is 1. The normalized spacial score (nSPS) is 13.4. The van der Waals surface area contributed by atoms with E-state index in [-0.39, 0.29) is 18.6 Å². The van der Waals surface area contributed by atoms with E-state index in [2.05, 4.69) is 15.3 Å². The van der Waals surface area contributed by atoms with Gasteiger partial charge in [0, 0.05) is 28.8 Å². The number of aromatic hydroxyl groups is 1. The first kappa shape index (κ1) is 17.3. The quantitative estimate of drug-likeness (QED) is 0.554. The molecule has 2 aromatic heterocycles. The van der Waals surface area contributed by atoms with E-state index in [9.17, 15) is 5.11 Å². The van der Waals surface area contributed by atoms with Crippen molar-refractivity contribution in [1.82, 2.24) is 4.98 Å². The van der Waals surface area contributed by atoms with Crippen molar-refractivity contribution < 1.29 is 19.6 Å². The third kappa shape index (κ3) is 3.18. The molecule has 5 rings (SSSR count). The van der Waals surface area contributed by atoms with Crippen molar-refractivity contribution in [2.45, 2.75) is 13.0 Å². The molecule has 0 saturated heterocycles. The Balaban J connectivity index is 1.65. The van der Waals surface area contributed by atoms with Crippen molar-refractivity contribution in [3.05, 3.63) is 83.7 Å². The topological polar surface area (TPSA) is 77.8 Å². The Bertz CT molecular complexity index is 1210. The molecule has 1 aliphatic heterocycles. The molecule has 0 fully saturated rings. The number of phenols is 1. The van der Waals surface area contributed by atoms with E-state index in [0.717, 1.165) is 33.6 Å². The highest BCUT2D eigenvalue weighted by molar-refractivity contribution is 5.86. The number of ether oxygens (including phenoxy) is 2. The standard InChI is InChI=1S/C23H19N3O3/c1-14-8-10-24-20(11-14)26-21(16-5-7-18-19(12-16)29-13-28-18)17-6-4-15-3-2-9-25-22(15)23(17)27/h2-12,21,27H,13H2,1H3,(H,24,26)/p+1. The van der Waals surface area contributed by atoms with Crippen molar-refractivity contribution in [3.8, 4) is 17.2 Å². The summed E-state index contributed by atoms with van der Waals surface area (Å²) in [6.07, 6.45) is 3.57. The van der Waals surface area contributed by atoms with Gasteiger partial charge in [-0.15, -0.1) is 0 Å². The van der Waals surface area contributed by atoms with Crippen molar-refractivity contribution in [1.29, 1.82) is 0 Å². The van der Waals surface area contributed by atoms with Crippen LogP contribution in [-0.4, -0.2) is 16.9 Å². The summed E-state index contributed by atoms with van der Waals surface area (Å²) in [4.78, 5) is 7.59. The maximum Gasteiger partial charge on any atom is 0.273 e. The zero-order valence-corrected chi connectivity index (χ0v) is 15.8. The van der Waals surface area contributed by atoms with Crippen LogP contribution >= 0.6 is 0 Å². The zero-order chi connectivity index (χ0) is 19.8. The van der Waals surface area contributed by atoms with Gasteiger partial charge in [-0.05, 0) is 42.8 Å².